The fourth-order valence-corrected chi connectivity index (χ4v) is 2.35. The lowest BCUT2D eigenvalue weighted by Crippen LogP contribution is -2.11. The molecule has 0 amide bonds. The van der Waals surface area contributed by atoms with Crippen LogP contribution in [0.15, 0.2) is 28.1 Å². The molecule has 0 aliphatic rings. The lowest BCUT2D eigenvalue weighted by atomic mass is 10.4. The Kier molecular flexibility index (Phi) is 3.84. The standard InChI is InChI=1S/C12H14N6OS/c1-2-13-6-9-7-18(17-14-9)8-11-15-16-12(19-11)10-4-3-5-20-10/h3-5,7,13H,2,6,8H2,1H3. The van der Waals surface area contributed by atoms with Crippen LogP contribution in [0.1, 0.15) is 18.5 Å². The van der Waals surface area contributed by atoms with Crippen LogP contribution in [0.5, 0.6) is 0 Å². The van der Waals surface area contributed by atoms with Crippen molar-refractivity contribution in [3.05, 3.63) is 35.3 Å². The molecule has 0 atom stereocenters. The molecule has 20 heavy (non-hydrogen) atoms. The summed E-state index contributed by atoms with van der Waals surface area (Å²) in [7, 11) is 0. The molecule has 0 fully saturated rings. The fourth-order valence-electron chi connectivity index (χ4n) is 1.71. The van der Waals surface area contributed by atoms with E-state index in [4.69, 9.17) is 4.42 Å². The van der Waals surface area contributed by atoms with Gasteiger partial charge in [0, 0.05) is 6.54 Å². The molecule has 0 unspecified atom stereocenters. The molecular weight excluding hydrogens is 276 g/mol. The van der Waals surface area contributed by atoms with Gasteiger partial charge in [-0.2, -0.15) is 0 Å². The second-order valence-electron chi connectivity index (χ2n) is 4.17. The van der Waals surface area contributed by atoms with Crippen LogP contribution < -0.4 is 5.32 Å². The monoisotopic (exact) mass is 290 g/mol. The number of rotatable bonds is 6. The summed E-state index contributed by atoms with van der Waals surface area (Å²) in [6.45, 7) is 4.09. The molecular formula is C12H14N6OS. The third-order valence-electron chi connectivity index (χ3n) is 2.64. The van der Waals surface area contributed by atoms with E-state index in [1.165, 1.54) is 0 Å². The first-order valence-electron chi connectivity index (χ1n) is 6.31. The molecule has 0 saturated heterocycles. The van der Waals surface area contributed by atoms with E-state index in [-0.39, 0.29) is 0 Å². The normalized spacial score (nSPS) is 11.1. The summed E-state index contributed by atoms with van der Waals surface area (Å²) in [4.78, 5) is 0.968. The van der Waals surface area contributed by atoms with E-state index in [1.54, 1.807) is 16.0 Å². The van der Waals surface area contributed by atoms with Gasteiger partial charge in [0.2, 0.25) is 5.89 Å². The third kappa shape index (κ3) is 2.91. The molecule has 8 heteroatoms. The largest absolute Gasteiger partial charge is 0.418 e. The van der Waals surface area contributed by atoms with Gasteiger partial charge in [-0.25, -0.2) is 4.68 Å². The Bertz CT molecular complexity index is 659. The number of nitrogens with one attached hydrogen (secondary N) is 1. The second-order valence-corrected chi connectivity index (χ2v) is 5.11. The topological polar surface area (TPSA) is 81.7 Å². The molecule has 3 aromatic rings. The zero-order chi connectivity index (χ0) is 13.8. The van der Waals surface area contributed by atoms with E-state index < -0.39 is 0 Å². The summed E-state index contributed by atoms with van der Waals surface area (Å²) in [6, 6.07) is 3.90. The van der Waals surface area contributed by atoms with Crippen molar-refractivity contribution in [2.75, 3.05) is 6.54 Å². The predicted octanol–water partition coefficient (Wildman–Crippen LogP) is 1.55. The van der Waals surface area contributed by atoms with Crippen molar-refractivity contribution in [1.82, 2.24) is 30.5 Å². The van der Waals surface area contributed by atoms with Gasteiger partial charge in [0.1, 0.15) is 6.54 Å². The minimum Gasteiger partial charge on any atom is -0.418 e. The number of thiophene rings is 1. The molecule has 1 N–H and O–H groups in total. The fraction of sp³-hybridized carbons (Fsp3) is 0.333. The van der Waals surface area contributed by atoms with Crippen molar-refractivity contribution < 1.29 is 4.42 Å². The van der Waals surface area contributed by atoms with Crippen LogP contribution in [0.25, 0.3) is 10.8 Å². The van der Waals surface area contributed by atoms with Crippen molar-refractivity contribution in [3.8, 4) is 10.8 Å². The summed E-state index contributed by atoms with van der Waals surface area (Å²) < 4.78 is 7.30. The van der Waals surface area contributed by atoms with Gasteiger partial charge in [0.25, 0.3) is 5.89 Å². The van der Waals surface area contributed by atoms with E-state index in [0.29, 0.717) is 24.9 Å². The highest BCUT2D eigenvalue weighted by Gasteiger charge is 2.10. The van der Waals surface area contributed by atoms with Gasteiger partial charge in [-0.05, 0) is 18.0 Å². The van der Waals surface area contributed by atoms with Gasteiger partial charge >= 0.3 is 0 Å². The number of nitrogens with zero attached hydrogens (tertiary/aromatic N) is 5. The quantitative estimate of drug-likeness (QED) is 0.741. The highest BCUT2D eigenvalue weighted by Crippen LogP contribution is 2.22. The minimum atomic E-state index is 0.428. The van der Waals surface area contributed by atoms with Gasteiger partial charge in [-0.1, -0.05) is 18.2 Å². The molecule has 3 aromatic heterocycles. The molecule has 0 spiro atoms. The Balaban J connectivity index is 1.67. The number of hydrogen-bond donors (Lipinski definition) is 1. The third-order valence-corrected chi connectivity index (χ3v) is 3.50. The first kappa shape index (κ1) is 12.9. The molecule has 0 aliphatic carbocycles. The zero-order valence-corrected chi connectivity index (χ0v) is 11.8. The number of hydrogen-bond acceptors (Lipinski definition) is 7. The lowest BCUT2D eigenvalue weighted by Gasteiger charge is -1.95. The Morgan fingerprint density at radius 3 is 3.10 bits per heavy atom. The van der Waals surface area contributed by atoms with Crippen molar-refractivity contribution in [2.24, 2.45) is 0 Å². The predicted molar refractivity (Wildman–Crippen MR) is 74.1 cm³/mol. The molecule has 0 aliphatic heterocycles. The minimum absolute atomic E-state index is 0.428. The summed E-state index contributed by atoms with van der Waals surface area (Å²) in [5, 5.41) is 21.3. The Hall–Kier alpha value is -2.06. The van der Waals surface area contributed by atoms with Gasteiger partial charge in [0.05, 0.1) is 16.8 Å². The second kappa shape index (κ2) is 5.93. The molecule has 104 valence electrons. The molecule has 0 aromatic carbocycles. The maximum atomic E-state index is 5.61. The van der Waals surface area contributed by atoms with Crippen LogP contribution in [-0.4, -0.2) is 31.7 Å². The van der Waals surface area contributed by atoms with Crippen LogP contribution >= 0.6 is 11.3 Å². The highest BCUT2D eigenvalue weighted by molar-refractivity contribution is 7.13. The summed E-state index contributed by atoms with van der Waals surface area (Å²) in [5.74, 6) is 1.07. The smallest absolute Gasteiger partial charge is 0.257 e. The average molecular weight is 290 g/mol. The van der Waals surface area contributed by atoms with Gasteiger partial charge in [-0.15, -0.1) is 26.6 Å². The van der Waals surface area contributed by atoms with Gasteiger partial charge < -0.3 is 9.73 Å². The first-order chi connectivity index (χ1) is 9.85. The van der Waals surface area contributed by atoms with Crippen LogP contribution in [0.4, 0.5) is 0 Å². The van der Waals surface area contributed by atoms with Crippen molar-refractivity contribution in [1.29, 1.82) is 0 Å². The van der Waals surface area contributed by atoms with Crippen molar-refractivity contribution in [2.45, 2.75) is 20.0 Å². The molecule has 7 nitrogen and oxygen atoms in total. The maximum Gasteiger partial charge on any atom is 0.257 e. The molecule has 0 radical (unpaired) electrons. The highest BCUT2D eigenvalue weighted by atomic mass is 32.1. The SMILES string of the molecule is CCNCc1cn(Cc2nnc(-c3cccs3)o2)nn1. The van der Waals surface area contributed by atoms with Gasteiger partial charge in [-0.3, -0.25) is 0 Å². The van der Waals surface area contributed by atoms with Gasteiger partial charge in [0.15, 0.2) is 0 Å². The summed E-state index contributed by atoms with van der Waals surface area (Å²) >= 11 is 1.57. The molecule has 0 bridgehead atoms. The van der Waals surface area contributed by atoms with Crippen molar-refractivity contribution in [3.63, 3.8) is 0 Å². The molecule has 3 heterocycles. The zero-order valence-electron chi connectivity index (χ0n) is 11.0. The van der Waals surface area contributed by atoms with Crippen LogP contribution in [0.3, 0.4) is 0 Å². The molecule has 3 rings (SSSR count). The Morgan fingerprint density at radius 2 is 2.30 bits per heavy atom. The van der Waals surface area contributed by atoms with Crippen molar-refractivity contribution >= 4 is 11.3 Å². The lowest BCUT2D eigenvalue weighted by molar-refractivity contribution is 0.470. The maximum absolute atomic E-state index is 5.61. The van der Waals surface area contributed by atoms with E-state index in [9.17, 15) is 0 Å². The van der Waals surface area contributed by atoms with E-state index in [2.05, 4.69) is 32.7 Å². The van der Waals surface area contributed by atoms with Crippen LogP contribution in [0.2, 0.25) is 0 Å². The van der Waals surface area contributed by atoms with E-state index in [1.807, 2.05) is 23.7 Å². The Morgan fingerprint density at radius 1 is 1.35 bits per heavy atom. The average Bonchev–Trinajstić information content (AvgIpc) is 3.18. The van der Waals surface area contributed by atoms with E-state index >= 15 is 0 Å². The first-order valence-corrected chi connectivity index (χ1v) is 7.19. The number of aromatic nitrogens is 5. The Labute approximate surface area is 119 Å². The summed E-state index contributed by atoms with van der Waals surface area (Å²) in [5.41, 5.74) is 0.893. The molecule has 0 saturated carbocycles. The van der Waals surface area contributed by atoms with E-state index in [0.717, 1.165) is 17.1 Å². The summed E-state index contributed by atoms with van der Waals surface area (Å²) in [6.07, 6.45) is 1.87. The van der Waals surface area contributed by atoms with Crippen LogP contribution in [-0.2, 0) is 13.1 Å². The van der Waals surface area contributed by atoms with Crippen LogP contribution in [0, 0.1) is 0 Å².